The van der Waals surface area contributed by atoms with Crippen molar-refractivity contribution in [3.8, 4) is 0 Å². The van der Waals surface area contributed by atoms with Gasteiger partial charge in [-0.1, -0.05) is 15.9 Å². The first-order valence-corrected chi connectivity index (χ1v) is 8.42. The van der Waals surface area contributed by atoms with Crippen LogP contribution in [0.4, 0.5) is 0 Å². The van der Waals surface area contributed by atoms with Gasteiger partial charge >= 0.3 is 0 Å². The number of aromatic nitrogens is 2. The molecule has 7 heteroatoms. The third-order valence-electron chi connectivity index (χ3n) is 4.13. The van der Waals surface area contributed by atoms with Gasteiger partial charge in [0.2, 0.25) is 0 Å². The van der Waals surface area contributed by atoms with E-state index in [1.165, 1.54) is 4.40 Å². The number of pyridine rings is 1. The first-order valence-electron chi connectivity index (χ1n) is 7.63. The third-order valence-corrected chi connectivity index (χ3v) is 4.62. The van der Waals surface area contributed by atoms with Gasteiger partial charge < -0.3 is 9.64 Å². The Morgan fingerprint density at radius 2 is 2.00 bits per heavy atom. The number of morpholine rings is 1. The third kappa shape index (κ3) is 2.50. The van der Waals surface area contributed by atoms with Crippen LogP contribution in [0.5, 0.6) is 0 Å². The predicted molar refractivity (Wildman–Crippen MR) is 93.4 cm³/mol. The van der Waals surface area contributed by atoms with Crippen molar-refractivity contribution in [1.82, 2.24) is 14.3 Å². The summed E-state index contributed by atoms with van der Waals surface area (Å²) in [5.74, 6) is -0.125. The SMILES string of the molecule is O=C(c1cccn2c(=O)c3cc(Br)ccc3nc12)N1CCOCC1. The topological polar surface area (TPSA) is 63.9 Å². The molecule has 0 unspecified atom stereocenters. The molecule has 1 aliphatic heterocycles. The molecular formula is C17H14BrN3O3. The summed E-state index contributed by atoms with van der Waals surface area (Å²) in [4.78, 5) is 31.9. The summed E-state index contributed by atoms with van der Waals surface area (Å²) in [6.45, 7) is 2.15. The van der Waals surface area contributed by atoms with Crippen molar-refractivity contribution in [3.05, 3.63) is 56.9 Å². The molecule has 3 heterocycles. The molecule has 2 aromatic heterocycles. The Morgan fingerprint density at radius 1 is 1.21 bits per heavy atom. The lowest BCUT2D eigenvalue weighted by atomic mass is 10.2. The van der Waals surface area contributed by atoms with E-state index in [9.17, 15) is 9.59 Å². The first-order chi connectivity index (χ1) is 11.6. The molecule has 0 spiro atoms. The molecule has 1 amide bonds. The molecule has 6 nitrogen and oxygen atoms in total. The van der Waals surface area contributed by atoms with Gasteiger partial charge in [-0.05, 0) is 30.3 Å². The van der Waals surface area contributed by atoms with Crippen LogP contribution in [-0.4, -0.2) is 46.5 Å². The number of amides is 1. The van der Waals surface area contributed by atoms with Gasteiger partial charge in [0.25, 0.3) is 11.5 Å². The van der Waals surface area contributed by atoms with Crippen LogP contribution in [0.3, 0.4) is 0 Å². The molecular weight excluding hydrogens is 374 g/mol. The zero-order chi connectivity index (χ0) is 16.7. The number of carbonyl (C=O) groups excluding carboxylic acids is 1. The van der Waals surface area contributed by atoms with E-state index in [0.29, 0.717) is 48.4 Å². The number of halogens is 1. The molecule has 0 bridgehead atoms. The number of nitrogens with zero attached hydrogens (tertiary/aromatic N) is 3. The van der Waals surface area contributed by atoms with Gasteiger partial charge in [-0.15, -0.1) is 0 Å². The van der Waals surface area contributed by atoms with Crippen molar-refractivity contribution in [3.63, 3.8) is 0 Å². The normalized spacial score (nSPS) is 15.1. The van der Waals surface area contributed by atoms with Crippen LogP contribution in [0.2, 0.25) is 0 Å². The van der Waals surface area contributed by atoms with E-state index in [2.05, 4.69) is 20.9 Å². The minimum atomic E-state index is -0.187. The van der Waals surface area contributed by atoms with Crippen molar-refractivity contribution < 1.29 is 9.53 Å². The molecule has 3 aromatic rings. The van der Waals surface area contributed by atoms with Crippen molar-refractivity contribution in [1.29, 1.82) is 0 Å². The minimum absolute atomic E-state index is 0.125. The van der Waals surface area contributed by atoms with E-state index < -0.39 is 0 Å². The number of hydrogen-bond acceptors (Lipinski definition) is 4. The molecule has 0 radical (unpaired) electrons. The Morgan fingerprint density at radius 3 is 2.79 bits per heavy atom. The standard InChI is InChI=1S/C17H14BrN3O3/c18-11-3-4-14-13(10-11)17(23)21-5-1-2-12(15(21)19-14)16(22)20-6-8-24-9-7-20/h1-5,10H,6-9H2. The number of carbonyl (C=O) groups is 1. The largest absolute Gasteiger partial charge is 0.378 e. The Hall–Kier alpha value is -2.25. The van der Waals surface area contributed by atoms with E-state index in [4.69, 9.17) is 4.74 Å². The van der Waals surface area contributed by atoms with Crippen LogP contribution in [0, 0.1) is 0 Å². The first kappa shape index (κ1) is 15.3. The number of fused-ring (bicyclic) bond motifs is 2. The second-order valence-electron chi connectivity index (χ2n) is 5.60. The average molecular weight is 388 g/mol. The molecule has 122 valence electrons. The number of ether oxygens (including phenoxy) is 1. The van der Waals surface area contributed by atoms with E-state index >= 15 is 0 Å². The van der Waals surface area contributed by atoms with Gasteiger partial charge in [-0.3, -0.25) is 14.0 Å². The maximum Gasteiger partial charge on any atom is 0.265 e. The highest BCUT2D eigenvalue weighted by molar-refractivity contribution is 9.10. The Labute approximate surface area is 145 Å². The summed E-state index contributed by atoms with van der Waals surface area (Å²) in [5, 5.41) is 0.512. The summed E-state index contributed by atoms with van der Waals surface area (Å²) in [5.41, 5.74) is 1.20. The molecule has 0 saturated carbocycles. The molecule has 4 rings (SSSR count). The lowest BCUT2D eigenvalue weighted by Crippen LogP contribution is -2.41. The average Bonchev–Trinajstić information content (AvgIpc) is 2.62. The van der Waals surface area contributed by atoms with Crippen LogP contribution >= 0.6 is 15.9 Å². The monoisotopic (exact) mass is 387 g/mol. The van der Waals surface area contributed by atoms with Crippen LogP contribution in [-0.2, 0) is 4.74 Å². The zero-order valence-electron chi connectivity index (χ0n) is 12.7. The van der Waals surface area contributed by atoms with Crippen LogP contribution in [0.1, 0.15) is 10.4 Å². The molecule has 1 aromatic carbocycles. The molecule has 24 heavy (non-hydrogen) atoms. The van der Waals surface area contributed by atoms with Crippen LogP contribution in [0.15, 0.2) is 45.8 Å². The quantitative estimate of drug-likeness (QED) is 0.599. The van der Waals surface area contributed by atoms with E-state index in [0.717, 1.165) is 4.47 Å². The molecule has 1 fully saturated rings. The van der Waals surface area contributed by atoms with Gasteiger partial charge in [0.1, 0.15) is 0 Å². The van der Waals surface area contributed by atoms with Crippen LogP contribution in [0.25, 0.3) is 16.6 Å². The summed E-state index contributed by atoms with van der Waals surface area (Å²) >= 11 is 3.37. The van der Waals surface area contributed by atoms with Gasteiger partial charge in [-0.2, -0.15) is 0 Å². The fourth-order valence-electron chi connectivity index (χ4n) is 2.90. The van der Waals surface area contributed by atoms with Crippen molar-refractivity contribution >= 4 is 38.4 Å². The Balaban J connectivity index is 1.94. The smallest absolute Gasteiger partial charge is 0.265 e. The number of benzene rings is 1. The molecule has 1 saturated heterocycles. The molecule has 1 aliphatic rings. The van der Waals surface area contributed by atoms with Gasteiger partial charge in [-0.25, -0.2) is 4.98 Å². The second kappa shape index (κ2) is 5.99. The maximum atomic E-state index is 12.8. The highest BCUT2D eigenvalue weighted by Crippen LogP contribution is 2.18. The zero-order valence-corrected chi connectivity index (χ0v) is 14.3. The number of hydrogen-bond donors (Lipinski definition) is 0. The lowest BCUT2D eigenvalue weighted by molar-refractivity contribution is 0.0304. The highest BCUT2D eigenvalue weighted by Gasteiger charge is 2.22. The number of rotatable bonds is 1. The summed E-state index contributed by atoms with van der Waals surface area (Å²) in [6, 6.07) is 8.76. The fourth-order valence-corrected chi connectivity index (χ4v) is 3.26. The van der Waals surface area contributed by atoms with Crippen LogP contribution < -0.4 is 5.56 Å². The highest BCUT2D eigenvalue weighted by atomic mass is 79.9. The lowest BCUT2D eigenvalue weighted by Gasteiger charge is -2.27. The van der Waals surface area contributed by atoms with Crippen molar-refractivity contribution in [2.45, 2.75) is 0 Å². The van der Waals surface area contributed by atoms with Crippen molar-refractivity contribution in [2.24, 2.45) is 0 Å². The van der Waals surface area contributed by atoms with Crippen molar-refractivity contribution in [2.75, 3.05) is 26.3 Å². The second-order valence-corrected chi connectivity index (χ2v) is 6.51. The van der Waals surface area contributed by atoms with E-state index in [1.54, 1.807) is 35.4 Å². The summed E-state index contributed by atoms with van der Waals surface area (Å²) < 4.78 is 7.54. The Kier molecular flexibility index (Phi) is 3.82. The fraction of sp³-hybridized carbons (Fsp3) is 0.235. The molecule has 0 aliphatic carbocycles. The van der Waals surface area contributed by atoms with E-state index in [1.807, 2.05) is 6.07 Å². The summed E-state index contributed by atoms with van der Waals surface area (Å²) in [7, 11) is 0. The van der Waals surface area contributed by atoms with E-state index in [-0.39, 0.29) is 11.5 Å². The van der Waals surface area contributed by atoms with Gasteiger partial charge in [0, 0.05) is 23.8 Å². The minimum Gasteiger partial charge on any atom is -0.378 e. The molecule has 0 N–H and O–H groups in total. The summed E-state index contributed by atoms with van der Waals surface area (Å²) in [6.07, 6.45) is 1.64. The predicted octanol–water partition coefficient (Wildman–Crippen LogP) is 2.08. The van der Waals surface area contributed by atoms with Gasteiger partial charge in [0.05, 0.1) is 29.7 Å². The maximum absolute atomic E-state index is 12.8. The van der Waals surface area contributed by atoms with Gasteiger partial charge in [0.15, 0.2) is 5.65 Å². The molecule has 0 atom stereocenters. The Bertz CT molecular complexity index is 1010.